The van der Waals surface area contributed by atoms with E-state index in [1.807, 2.05) is 0 Å². The van der Waals surface area contributed by atoms with Crippen LogP contribution in [0.1, 0.15) is 11.3 Å². The minimum Gasteiger partial charge on any atom is -0.365 e. The Bertz CT molecular complexity index is 1140. The van der Waals surface area contributed by atoms with Crippen molar-refractivity contribution in [3.05, 3.63) is 52.9 Å². The van der Waals surface area contributed by atoms with Crippen LogP contribution in [0.2, 0.25) is 5.02 Å². The van der Waals surface area contributed by atoms with Gasteiger partial charge < -0.3 is 10.6 Å². The molecule has 30 heavy (non-hydrogen) atoms. The molecular weight excluding hydrogens is 440 g/mol. The fourth-order valence-corrected chi connectivity index (χ4v) is 3.20. The molecule has 9 nitrogen and oxygen atoms in total. The number of benzene rings is 1. The summed E-state index contributed by atoms with van der Waals surface area (Å²) in [5.41, 5.74) is 1.77. The number of aryl methyl sites for hydroxylation is 1. The van der Waals surface area contributed by atoms with Crippen molar-refractivity contribution in [1.82, 2.24) is 19.7 Å². The first-order valence-electron chi connectivity index (χ1n) is 8.59. The molecule has 0 aliphatic carbocycles. The van der Waals surface area contributed by atoms with Gasteiger partial charge in [-0.1, -0.05) is 23.7 Å². The Kier molecular flexibility index (Phi) is 6.48. The molecule has 0 unspecified atom stereocenters. The molecule has 0 atom stereocenters. The van der Waals surface area contributed by atoms with E-state index in [9.17, 15) is 17.2 Å². The van der Waals surface area contributed by atoms with Crippen molar-refractivity contribution in [2.24, 2.45) is 5.14 Å². The van der Waals surface area contributed by atoms with Gasteiger partial charge in [-0.3, -0.25) is 4.68 Å². The van der Waals surface area contributed by atoms with Crippen molar-refractivity contribution in [1.29, 1.82) is 0 Å². The number of alkyl halides is 2. The van der Waals surface area contributed by atoms with Gasteiger partial charge in [0.1, 0.15) is 11.6 Å². The predicted octanol–water partition coefficient (Wildman–Crippen LogP) is 2.90. The molecule has 160 valence electrons. The molecule has 0 saturated heterocycles. The first kappa shape index (κ1) is 21.9. The highest BCUT2D eigenvalue weighted by Gasteiger charge is 2.12. The van der Waals surface area contributed by atoms with Crippen LogP contribution in [0.4, 0.5) is 26.2 Å². The number of hydrogen-bond acceptors (Lipinski definition) is 7. The van der Waals surface area contributed by atoms with Crippen LogP contribution in [0, 0.1) is 6.92 Å². The van der Waals surface area contributed by atoms with E-state index < -0.39 is 23.0 Å². The van der Waals surface area contributed by atoms with Crippen LogP contribution in [0.15, 0.2) is 41.6 Å². The van der Waals surface area contributed by atoms with Crippen molar-refractivity contribution in [3.63, 3.8) is 0 Å². The van der Waals surface area contributed by atoms with Gasteiger partial charge in [-0.25, -0.2) is 27.3 Å². The van der Waals surface area contributed by atoms with Gasteiger partial charge in [0.15, 0.2) is 5.82 Å². The summed E-state index contributed by atoms with van der Waals surface area (Å²) < 4.78 is 48.8. The van der Waals surface area contributed by atoms with E-state index >= 15 is 0 Å². The SMILES string of the molecule is Cc1nn(CC(F)F)cc1Nc1ncc(Cl)c(NCc2ccc(S(N)(=O)=O)cc2)n1. The number of halogens is 3. The number of nitrogens with zero attached hydrogens (tertiary/aromatic N) is 4. The Labute approximate surface area is 176 Å². The molecule has 2 aromatic heterocycles. The second-order valence-electron chi connectivity index (χ2n) is 6.30. The van der Waals surface area contributed by atoms with E-state index in [1.165, 1.54) is 24.5 Å². The van der Waals surface area contributed by atoms with Gasteiger partial charge in [-0.15, -0.1) is 0 Å². The number of aromatic nitrogens is 4. The van der Waals surface area contributed by atoms with Crippen LogP contribution in [0.25, 0.3) is 0 Å². The lowest BCUT2D eigenvalue weighted by molar-refractivity contribution is 0.121. The summed E-state index contributed by atoms with van der Waals surface area (Å²) in [6.07, 6.45) is 0.320. The normalized spacial score (nSPS) is 11.7. The van der Waals surface area contributed by atoms with Crippen LogP contribution in [-0.4, -0.2) is 34.6 Å². The van der Waals surface area contributed by atoms with Crippen LogP contribution in [0.3, 0.4) is 0 Å². The second kappa shape index (κ2) is 8.90. The van der Waals surface area contributed by atoms with Crippen molar-refractivity contribution < 1.29 is 17.2 Å². The lowest BCUT2D eigenvalue weighted by atomic mass is 10.2. The highest BCUT2D eigenvalue weighted by atomic mass is 35.5. The molecule has 2 heterocycles. The molecule has 0 saturated carbocycles. The fourth-order valence-electron chi connectivity index (χ4n) is 2.53. The third-order valence-corrected chi connectivity index (χ3v) is 5.18. The monoisotopic (exact) mass is 457 g/mol. The van der Waals surface area contributed by atoms with Crippen LogP contribution >= 0.6 is 11.6 Å². The van der Waals surface area contributed by atoms with Crippen molar-refractivity contribution in [3.8, 4) is 0 Å². The lowest BCUT2D eigenvalue weighted by Gasteiger charge is -2.10. The number of nitrogens with two attached hydrogens (primary N) is 1. The maximum absolute atomic E-state index is 12.5. The van der Waals surface area contributed by atoms with Gasteiger partial charge in [-0.2, -0.15) is 10.1 Å². The molecule has 1 aromatic carbocycles. The summed E-state index contributed by atoms with van der Waals surface area (Å²) in [6.45, 7) is 1.47. The molecule has 13 heteroatoms. The average Bonchev–Trinajstić information content (AvgIpc) is 2.99. The fraction of sp³-hybridized carbons (Fsp3) is 0.235. The molecule has 3 aromatic rings. The van der Waals surface area contributed by atoms with Crippen LogP contribution < -0.4 is 15.8 Å². The molecule has 0 aliphatic heterocycles. The minimum absolute atomic E-state index is 0.0144. The first-order valence-corrected chi connectivity index (χ1v) is 10.5. The molecule has 0 bridgehead atoms. The Hall–Kier alpha value is -2.83. The second-order valence-corrected chi connectivity index (χ2v) is 8.27. The van der Waals surface area contributed by atoms with Gasteiger partial charge >= 0.3 is 0 Å². The van der Waals surface area contributed by atoms with Crippen molar-refractivity contribution >= 4 is 39.1 Å². The first-order chi connectivity index (χ1) is 14.1. The number of sulfonamides is 1. The third kappa shape index (κ3) is 5.62. The highest BCUT2D eigenvalue weighted by Crippen LogP contribution is 2.23. The van der Waals surface area contributed by atoms with Gasteiger partial charge in [0.2, 0.25) is 16.0 Å². The summed E-state index contributed by atoms with van der Waals surface area (Å²) in [4.78, 5) is 8.38. The molecular formula is C17H18ClF2N7O2S. The standard InChI is InChI=1S/C17H18ClF2N7O2S/c1-10-14(8-27(26-10)9-15(19)20)24-17-23-7-13(18)16(25-17)22-6-11-2-4-12(5-3-11)30(21,28)29/h2-5,7-8,15H,6,9H2,1H3,(H2,21,28,29)(H2,22,23,24,25). The summed E-state index contributed by atoms with van der Waals surface area (Å²) in [5, 5.41) is 15.3. The number of nitrogens with one attached hydrogen (secondary N) is 2. The molecule has 0 aliphatic rings. The number of hydrogen-bond donors (Lipinski definition) is 3. The summed E-state index contributed by atoms with van der Waals surface area (Å²) in [5.74, 6) is 0.536. The van der Waals surface area contributed by atoms with Crippen LogP contribution in [-0.2, 0) is 23.1 Å². The topological polar surface area (TPSA) is 128 Å². The molecule has 0 spiro atoms. The minimum atomic E-state index is -3.76. The number of anilines is 3. The Morgan fingerprint density at radius 2 is 1.97 bits per heavy atom. The largest absolute Gasteiger partial charge is 0.365 e. The van der Waals surface area contributed by atoms with Gasteiger partial charge in [0.25, 0.3) is 6.43 Å². The van der Waals surface area contributed by atoms with Crippen LogP contribution in [0.5, 0.6) is 0 Å². The maximum atomic E-state index is 12.5. The molecule has 0 fully saturated rings. The Morgan fingerprint density at radius 1 is 1.27 bits per heavy atom. The molecule has 0 radical (unpaired) electrons. The van der Waals surface area contributed by atoms with E-state index in [-0.39, 0.29) is 15.9 Å². The average molecular weight is 458 g/mol. The Balaban J connectivity index is 1.70. The number of rotatable bonds is 8. The van der Waals surface area contributed by atoms with E-state index in [0.717, 1.165) is 10.2 Å². The highest BCUT2D eigenvalue weighted by molar-refractivity contribution is 7.89. The zero-order chi connectivity index (χ0) is 21.9. The van der Waals surface area contributed by atoms with Gasteiger partial charge in [-0.05, 0) is 24.6 Å². The smallest absolute Gasteiger partial charge is 0.257 e. The van der Waals surface area contributed by atoms with Gasteiger partial charge in [0.05, 0.1) is 22.5 Å². The maximum Gasteiger partial charge on any atom is 0.257 e. The third-order valence-electron chi connectivity index (χ3n) is 3.97. The van der Waals surface area contributed by atoms with E-state index in [0.29, 0.717) is 23.7 Å². The number of primary sulfonamides is 1. The van der Waals surface area contributed by atoms with Crippen molar-refractivity contribution in [2.45, 2.75) is 31.3 Å². The van der Waals surface area contributed by atoms with E-state index in [2.05, 4.69) is 25.7 Å². The quantitative estimate of drug-likeness (QED) is 0.474. The van der Waals surface area contributed by atoms with E-state index in [4.69, 9.17) is 16.7 Å². The molecule has 0 amide bonds. The Morgan fingerprint density at radius 3 is 2.60 bits per heavy atom. The zero-order valence-electron chi connectivity index (χ0n) is 15.7. The zero-order valence-corrected chi connectivity index (χ0v) is 17.3. The predicted molar refractivity (Wildman–Crippen MR) is 108 cm³/mol. The summed E-state index contributed by atoms with van der Waals surface area (Å²) >= 11 is 6.13. The summed E-state index contributed by atoms with van der Waals surface area (Å²) in [7, 11) is -3.76. The molecule has 3 rings (SSSR count). The lowest BCUT2D eigenvalue weighted by Crippen LogP contribution is -2.12. The van der Waals surface area contributed by atoms with Gasteiger partial charge in [0, 0.05) is 12.7 Å². The summed E-state index contributed by atoms with van der Waals surface area (Å²) in [6, 6.07) is 6.03. The molecule has 4 N–H and O–H groups in total. The van der Waals surface area contributed by atoms with E-state index in [1.54, 1.807) is 19.1 Å². The van der Waals surface area contributed by atoms with Crippen molar-refractivity contribution in [2.75, 3.05) is 10.6 Å².